The molecule has 0 saturated heterocycles. The van der Waals surface area contributed by atoms with Crippen LogP contribution in [0.2, 0.25) is 0 Å². The van der Waals surface area contributed by atoms with Gasteiger partial charge in [-0.3, -0.25) is 4.79 Å². The summed E-state index contributed by atoms with van der Waals surface area (Å²) >= 11 is 0. The summed E-state index contributed by atoms with van der Waals surface area (Å²) in [6.07, 6.45) is 2.87. The molecule has 6 nitrogen and oxygen atoms in total. The number of rotatable bonds is 3. The van der Waals surface area contributed by atoms with Crippen LogP contribution in [0.4, 0.5) is 0 Å². The Hall–Kier alpha value is -2.21. The van der Waals surface area contributed by atoms with E-state index in [2.05, 4.69) is 15.4 Å². The lowest BCUT2D eigenvalue weighted by atomic mass is 10.1. The lowest BCUT2D eigenvalue weighted by molar-refractivity contribution is -0.123. The lowest BCUT2D eigenvalue weighted by Gasteiger charge is -2.17. The van der Waals surface area contributed by atoms with Crippen LogP contribution in [0.3, 0.4) is 0 Å². The third-order valence-electron chi connectivity index (χ3n) is 3.29. The van der Waals surface area contributed by atoms with Crippen molar-refractivity contribution < 1.29 is 9.90 Å². The zero-order valence-corrected chi connectivity index (χ0v) is 10.2. The van der Waals surface area contributed by atoms with Gasteiger partial charge in [-0.1, -0.05) is 24.3 Å². The molecule has 3 rings (SSSR count). The van der Waals surface area contributed by atoms with Crippen LogP contribution in [0.5, 0.6) is 0 Å². The molecular formula is C13H14N4O2. The maximum atomic E-state index is 11.9. The second-order valence-electron chi connectivity index (χ2n) is 4.61. The van der Waals surface area contributed by atoms with Gasteiger partial charge in [0.15, 0.2) is 0 Å². The Morgan fingerprint density at radius 1 is 1.47 bits per heavy atom. The van der Waals surface area contributed by atoms with Gasteiger partial charge in [0.1, 0.15) is 19.2 Å². The minimum Gasteiger partial charge on any atom is -0.390 e. The Morgan fingerprint density at radius 3 is 3.11 bits per heavy atom. The number of nitrogens with one attached hydrogen (secondary N) is 1. The Morgan fingerprint density at radius 2 is 2.32 bits per heavy atom. The van der Waals surface area contributed by atoms with Crippen molar-refractivity contribution in [3.05, 3.63) is 48.0 Å². The van der Waals surface area contributed by atoms with Crippen molar-refractivity contribution in [2.45, 2.75) is 25.1 Å². The first kappa shape index (κ1) is 11.9. The quantitative estimate of drug-likeness (QED) is 0.815. The molecule has 1 amide bonds. The van der Waals surface area contributed by atoms with Crippen molar-refractivity contribution in [2.75, 3.05) is 0 Å². The molecule has 0 saturated carbocycles. The van der Waals surface area contributed by atoms with Crippen molar-refractivity contribution in [1.29, 1.82) is 0 Å². The van der Waals surface area contributed by atoms with E-state index in [1.807, 2.05) is 24.3 Å². The fraction of sp³-hybridized carbons (Fsp3) is 0.308. The number of fused-ring (bicyclic) bond motifs is 1. The molecular weight excluding hydrogens is 244 g/mol. The van der Waals surface area contributed by atoms with E-state index >= 15 is 0 Å². The monoisotopic (exact) mass is 258 g/mol. The van der Waals surface area contributed by atoms with Gasteiger partial charge in [-0.25, -0.2) is 9.67 Å². The molecule has 2 atom stereocenters. The van der Waals surface area contributed by atoms with Gasteiger partial charge in [-0.2, -0.15) is 5.10 Å². The molecule has 6 heteroatoms. The number of aliphatic hydroxyl groups excluding tert-OH is 1. The summed E-state index contributed by atoms with van der Waals surface area (Å²) in [6.45, 7) is 0.103. The van der Waals surface area contributed by atoms with Crippen molar-refractivity contribution in [1.82, 2.24) is 20.1 Å². The summed E-state index contributed by atoms with van der Waals surface area (Å²) in [5, 5.41) is 16.8. The predicted molar refractivity (Wildman–Crippen MR) is 67.1 cm³/mol. The first-order valence-corrected chi connectivity index (χ1v) is 6.11. The van der Waals surface area contributed by atoms with Gasteiger partial charge in [-0.05, 0) is 11.1 Å². The average Bonchev–Trinajstić information content (AvgIpc) is 2.99. The van der Waals surface area contributed by atoms with E-state index in [4.69, 9.17) is 0 Å². The van der Waals surface area contributed by atoms with Crippen LogP contribution in [0, 0.1) is 0 Å². The number of carbonyl (C=O) groups is 1. The van der Waals surface area contributed by atoms with Crippen molar-refractivity contribution in [3.8, 4) is 0 Å². The number of hydrogen-bond donors (Lipinski definition) is 2. The number of benzene rings is 1. The molecule has 1 aromatic carbocycles. The Bertz CT molecular complexity index is 582. The molecule has 1 heterocycles. The third-order valence-corrected chi connectivity index (χ3v) is 3.29. The molecule has 19 heavy (non-hydrogen) atoms. The fourth-order valence-corrected chi connectivity index (χ4v) is 2.43. The Labute approximate surface area is 110 Å². The second kappa shape index (κ2) is 4.81. The van der Waals surface area contributed by atoms with Crippen molar-refractivity contribution in [3.63, 3.8) is 0 Å². The summed E-state index contributed by atoms with van der Waals surface area (Å²) < 4.78 is 1.45. The number of hydrogen-bond acceptors (Lipinski definition) is 4. The number of aliphatic hydroxyl groups is 1. The zero-order chi connectivity index (χ0) is 13.2. The van der Waals surface area contributed by atoms with E-state index in [0.717, 1.165) is 11.1 Å². The molecule has 2 unspecified atom stereocenters. The molecule has 0 spiro atoms. The Kier molecular flexibility index (Phi) is 3.00. The van der Waals surface area contributed by atoms with Crippen molar-refractivity contribution >= 4 is 5.91 Å². The SMILES string of the molecule is O=C(Cn1cncn1)NC1c2ccccc2CC1O. The van der Waals surface area contributed by atoms with Crippen molar-refractivity contribution in [2.24, 2.45) is 0 Å². The molecule has 0 fully saturated rings. The highest BCUT2D eigenvalue weighted by Crippen LogP contribution is 2.31. The largest absolute Gasteiger partial charge is 0.390 e. The van der Waals surface area contributed by atoms with E-state index in [-0.39, 0.29) is 18.5 Å². The summed E-state index contributed by atoms with van der Waals surface area (Å²) in [5.74, 6) is -0.189. The molecule has 98 valence electrons. The van der Waals surface area contributed by atoms with Crippen LogP contribution in [0.25, 0.3) is 0 Å². The van der Waals surface area contributed by atoms with Gasteiger partial charge in [-0.15, -0.1) is 0 Å². The zero-order valence-electron chi connectivity index (χ0n) is 10.2. The number of aromatic nitrogens is 3. The van der Waals surface area contributed by atoms with E-state index in [9.17, 15) is 9.90 Å². The number of nitrogens with zero attached hydrogens (tertiary/aromatic N) is 3. The normalized spacial score (nSPS) is 21.1. The first-order valence-electron chi connectivity index (χ1n) is 6.11. The Balaban J connectivity index is 1.71. The van der Waals surface area contributed by atoms with Crippen LogP contribution in [-0.2, 0) is 17.8 Å². The van der Waals surface area contributed by atoms with Gasteiger partial charge in [0.2, 0.25) is 5.91 Å². The van der Waals surface area contributed by atoms with Gasteiger partial charge >= 0.3 is 0 Å². The molecule has 2 aromatic rings. The molecule has 1 aromatic heterocycles. The van der Waals surface area contributed by atoms with Gasteiger partial charge in [0.25, 0.3) is 0 Å². The summed E-state index contributed by atoms with van der Waals surface area (Å²) in [6, 6.07) is 7.42. The van der Waals surface area contributed by atoms with Crippen LogP contribution in [0.15, 0.2) is 36.9 Å². The highest BCUT2D eigenvalue weighted by atomic mass is 16.3. The van der Waals surface area contributed by atoms with E-state index in [1.165, 1.54) is 17.3 Å². The van der Waals surface area contributed by atoms with E-state index < -0.39 is 6.10 Å². The summed E-state index contributed by atoms with van der Waals surface area (Å²) in [7, 11) is 0. The molecule has 0 aliphatic heterocycles. The van der Waals surface area contributed by atoms with Gasteiger partial charge < -0.3 is 10.4 Å². The van der Waals surface area contributed by atoms with Crippen LogP contribution in [-0.4, -0.2) is 31.9 Å². The van der Waals surface area contributed by atoms with Gasteiger partial charge in [0, 0.05) is 6.42 Å². The number of carbonyl (C=O) groups excluding carboxylic acids is 1. The smallest absolute Gasteiger partial charge is 0.242 e. The van der Waals surface area contributed by atoms with Crippen LogP contribution >= 0.6 is 0 Å². The predicted octanol–water partition coefficient (Wildman–Crippen LogP) is 0.0526. The molecule has 0 bridgehead atoms. The minimum atomic E-state index is -0.572. The molecule has 1 aliphatic rings. The maximum absolute atomic E-state index is 11.9. The summed E-state index contributed by atoms with van der Waals surface area (Å²) in [4.78, 5) is 15.7. The topological polar surface area (TPSA) is 80.0 Å². The molecule has 2 N–H and O–H groups in total. The average molecular weight is 258 g/mol. The highest BCUT2D eigenvalue weighted by molar-refractivity contribution is 5.76. The highest BCUT2D eigenvalue weighted by Gasteiger charge is 2.31. The van der Waals surface area contributed by atoms with E-state index in [0.29, 0.717) is 6.42 Å². The minimum absolute atomic E-state index is 0.103. The lowest BCUT2D eigenvalue weighted by Crippen LogP contribution is -2.36. The fourth-order valence-electron chi connectivity index (χ4n) is 2.43. The maximum Gasteiger partial charge on any atom is 0.242 e. The number of amides is 1. The standard InChI is InChI=1S/C13H14N4O2/c18-11-5-9-3-1-2-4-10(9)13(11)16-12(19)6-17-8-14-7-15-17/h1-4,7-8,11,13,18H,5-6H2,(H,16,19). The van der Waals surface area contributed by atoms with Crippen LogP contribution in [0.1, 0.15) is 17.2 Å². The molecule has 0 radical (unpaired) electrons. The molecule has 1 aliphatic carbocycles. The van der Waals surface area contributed by atoms with Crippen LogP contribution < -0.4 is 5.32 Å². The van der Waals surface area contributed by atoms with Gasteiger partial charge in [0.05, 0.1) is 12.1 Å². The summed E-state index contributed by atoms with van der Waals surface area (Å²) in [5.41, 5.74) is 2.07. The second-order valence-corrected chi connectivity index (χ2v) is 4.61. The third kappa shape index (κ3) is 2.34. The first-order chi connectivity index (χ1) is 9.24. The van der Waals surface area contributed by atoms with E-state index in [1.54, 1.807) is 0 Å².